The lowest BCUT2D eigenvalue weighted by Gasteiger charge is -2.19. The van der Waals surface area contributed by atoms with Crippen molar-refractivity contribution in [2.24, 2.45) is 0 Å². The highest BCUT2D eigenvalue weighted by Gasteiger charge is 2.31. The van der Waals surface area contributed by atoms with E-state index in [1.54, 1.807) is 29.2 Å². The number of hydrogen-bond donors (Lipinski definition) is 3. The van der Waals surface area contributed by atoms with Gasteiger partial charge in [0.25, 0.3) is 5.91 Å². The number of amides is 1. The Hall–Kier alpha value is -3.72. The molecule has 0 fully saturated rings. The highest BCUT2D eigenvalue weighted by Crippen LogP contribution is 2.35. The summed E-state index contributed by atoms with van der Waals surface area (Å²) in [5.41, 5.74) is 2.00. The van der Waals surface area contributed by atoms with Crippen LogP contribution >= 0.6 is 11.3 Å². The summed E-state index contributed by atoms with van der Waals surface area (Å²) in [7, 11) is 0. The number of anilines is 1. The highest BCUT2D eigenvalue weighted by molar-refractivity contribution is 7.19. The van der Waals surface area contributed by atoms with Gasteiger partial charge in [-0.25, -0.2) is 9.78 Å². The molecular formula is C24H24N4O4S. The third-order valence-electron chi connectivity index (χ3n) is 5.36. The van der Waals surface area contributed by atoms with Gasteiger partial charge in [0, 0.05) is 11.7 Å². The number of ether oxygens (including phenoxy) is 1. The van der Waals surface area contributed by atoms with E-state index in [4.69, 9.17) is 10.1 Å². The molecule has 0 saturated heterocycles. The first kappa shape index (κ1) is 22.5. The molecule has 3 N–H and O–H groups in total. The lowest BCUT2D eigenvalue weighted by molar-refractivity contribution is -0.124. The SMILES string of the molecule is CC[C@@H](C)NC(=O)COC(=O)c1cccc(N2CC(O)=C(c3nc4ccccc4s3)C2=N)c1. The summed E-state index contributed by atoms with van der Waals surface area (Å²) in [6, 6.07) is 14.2. The molecule has 0 radical (unpaired) electrons. The van der Waals surface area contributed by atoms with Gasteiger partial charge in [-0.05, 0) is 43.7 Å². The summed E-state index contributed by atoms with van der Waals surface area (Å²) in [4.78, 5) is 30.5. The molecule has 1 aliphatic rings. The number of rotatable bonds is 7. The number of esters is 1. The molecule has 1 aliphatic heterocycles. The molecular weight excluding hydrogens is 440 g/mol. The number of aliphatic hydroxyl groups excluding tert-OH is 1. The van der Waals surface area contributed by atoms with Gasteiger partial charge in [0.1, 0.15) is 16.6 Å². The van der Waals surface area contributed by atoms with Gasteiger partial charge < -0.3 is 20.1 Å². The Labute approximate surface area is 195 Å². The Kier molecular flexibility index (Phi) is 6.41. The van der Waals surface area contributed by atoms with Crippen LogP contribution in [0.1, 0.15) is 35.6 Å². The average Bonchev–Trinajstić information content (AvgIpc) is 3.37. The number of carbonyl (C=O) groups excluding carboxylic acids is 2. The first-order chi connectivity index (χ1) is 15.9. The minimum absolute atomic E-state index is 0.00510. The van der Waals surface area contributed by atoms with E-state index in [-0.39, 0.29) is 42.3 Å². The quantitative estimate of drug-likeness (QED) is 0.453. The Bertz CT molecular complexity index is 1230. The van der Waals surface area contributed by atoms with Gasteiger partial charge in [0.05, 0.1) is 27.9 Å². The fraction of sp³-hybridized carbons (Fsp3) is 0.250. The van der Waals surface area contributed by atoms with Gasteiger partial charge >= 0.3 is 5.97 Å². The normalized spacial score (nSPS) is 14.6. The van der Waals surface area contributed by atoms with Gasteiger partial charge in [0.15, 0.2) is 6.61 Å². The van der Waals surface area contributed by atoms with Gasteiger partial charge in [0.2, 0.25) is 0 Å². The van der Waals surface area contributed by atoms with E-state index >= 15 is 0 Å². The third-order valence-corrected chi connectivity index (χ3v) is 6.41. The minimum atomic E-state index is -0.634. The smallest absolute Gasteiger partial charge is 0.338 e. The second kappa shape index (κ2) is 9.41. The van der Waals surface area contributed by atoms with Gasteiger partial charge in [-0.1, -0.05) is 25.1 Å². The molecule has 9 heteroatoms. The number of nitrogens with zero attached hydrogens (tertiary/aromatic N) is 2. The summed E-state index contributed by atoms with van der Waals surface area (Å²) in [6.45, 7) is 3.56. The number of nitrogens with one attached hydrogen (secondary N) is 2. The topological polar surface area (TPSA) is 116 Å². The van der Waals surface area contributed by atoms with Crippen molar-refractivity contribution in [3.8, 4) is 0 Å². The average molecular weight is 465 g/mol. The largest absolute Gasteiger partial charge is 0.510 e. The Balaban J connectivity index is 1.48. The number of hydrogen-bond acceptors (Lipinski definition) is 7. The van der Waals surface area contributed by atoms with Crippen molar-refractivity contribution in [1.82, 2.24) is 10.3 Å². The number of aromatic nitrogens is 1. The molecule has 0 unspecified atom stereocenters. The number of thiazole rings is 1. The molecule has 0 spiro atoms. The first-order valence-corrected chi connectivity index (χ1v) is 11.4. The number of fused-ring (bicyclic) bond motifs is 1. The lowest BCUT2D eigenvalue weighted by Crippen LogP contribution is -2.35. The van der Waals surface area contributed by atoms with Crippen LogP contribution in [0.4, 0.5) is 5.69 Å². The zero-order valence-electron chi connectivity index (χ0n) is 18.3. The predicted octanol–water partition coefficient (Wildman–Crippen LogP) is 4.13. The van der Waals surface area contributed by atoms with Gasteiger partial charge in [-0.3, -0.25) is 10.2 Å². The minimum Gasteiger partial charge on any atom is -0.510 e. The van der Waals surface area contributed by atoms with Crippen molar-refractivity contribution in [1.29, 1.82) is 5.41 Å². The van der Waals surface area contributed by atoms with Crippen molar-refractivity contribution >= 4 is 50.5 Å². The van der Waals surface area contributed by atoms with Crippen LogP contribution in [0.5, 0.6) is 0 Å². The predicted molar refractivity (Wildman–Crippen MR) is 129 cm³/mol. The summed E-state index contributed by atoms with van der Waals surface area (Å²) in [5.74, 6) is -0.839. The molecule has 33 heavy (non-hydrogen) atoms. The van der Waals surface area contributed by atoms with E-state index < -0.39 is 5.97 Å². The molecule has 2 aromatic carbocycles. The molecule has 0 aliphatic carbocycles. The molecule has 1 aromatic heterocycles. The molecule has 3 aromatic rings. The monoisotopic (exact) mass is 464 g/mol. The lowest BCUT2D eigenvalue weighted by atomic mass is 10.2. The van der Waals surface area contributed by atoms with E-state index in [9.17, 15) is 14.7 Å². The van der Waals surface area contributed by atoms with Crippen LogP contribution in [0.15, 0.2) is 54.3 Å². The molecule has 170 valence electrons. The first-order valence-electron chi connectivity index (χ1n) is 10.6. The Morgan fingerprint density at radius 2 is 2.06 bits per heavy atom. The number of amidine groups is 1. The zero-order chi connectivity index (χ0) is 23.5. The second-order valence-corrected chi connectivity index (χ2v) is 8.78. The zero-order valence-corrected chi connectivity index (χ0v) is 19.1. The fourth-order valence-corrected chi connectivity index (χ4v) is 4.47. The van der Waals surface area contributed by atoms with Gasteiger partial charge in [-0.15, -0.1) is 11.3 Å². The van der Waals surface area contributed by atoms with Crippen molar-refractivity contribution in [2.75, 3.05) is 18.1 Å². The number of para-hydroxylation sites is 1. The van der Waals surface area contributed by atoms with Crippen LogP contribution in [-0.4, -0.2) is 47.0 Å². The number of benzene rings is 2. The maximum atomic E-state index is 12.5. The van der Waals surface area contributed by atoms with E-state index in [1.165, 1.54) is 11.3 Å². The van der Waals surface area contributed by atoms with Crippen LogP contribution in [0.2, 0.25) is 0 Å². The second-order valence-electron chi connectivity index (χ2n) is 7.75. The summed E-state index contributed by atoms with van der Waals surface area (Å²) in [6.07, 6.45) is 0.781. The van der Waals surface area contributed by atoms with E-state index in [0.717, 1.165) is 16.6 Å². The summed E-state index contributed by atoms with van der Waals surface area (Å²) >= 11 is 1.41. The van der Waals surface area contributed by atoms with Crippen molar-refractivity contribution in [3.05, 3.63) is 64.9 Å². The fourth-order valence-electron chi connectivity index (χ4n) is 3.44. The molecule has 1 atom stereocenters. The molecule has 8 nitrogen and oxygen atoms in total. The van der Waals surface area contributed by atoms with Crippen molar-refractivity contribution < 1.29 is 19.4 Å². The van der Waals surface area contributed by atoms with Crippen molar-refractivity contribution in [3.63, 3.8) is 0 Å². The van der Waals surface area contributed by atoms with E-state index in [0.29, 0.717) is 16.3 Å². The van der Waals surface area contributed by atoms with Crippen LogP contribution in [-0.2, 0) is 9.53 Å². The standard InChI is InChI=1S/C24H24N4O4S/c1-3-14(2)26-20(30)13-32-24(31)15-7-6-8-16(11-15)28-12-18(29)21(22(28)25)23-27-17-9-4-5-10-19(17)33-23/h4-11,14,25,29H,3,12-13H2,1-2H3,(H,26,30)/t14-/m1/s1. The van der Waals surface area contributed by atoms with Crippen molar-refractivity contribution in [2.45, 2.75) is 26.3 Å². The molecule has 0 saturated carbocycles. The summed E-state index contributed by atoms with van der Waals surface area (Å²) in [5, 5.41) is 22.6. The van der Waals surface area contributed by atoms with Crippen LogP contribution < -0.4 is 10.2 Å². The number of carbonyl (C=O) groups is 2. The molecule has 2 heterocycles. The van der Waals surface area contributed by atoms with Crippen LogP contribution in [0.25, 0.3) is 15.8 Å². The number of aliphatic hydroxyl groups is 1. The van der Waals surface area contributed by atoms with Gasteiger partial charge in [-0.2, -0.15) is 0 Å². The van der Waals surface area contributed by atoms with Crippen LogP contribution in [0.3, 0.4) is 0 Å². The Morgan fingerprint density at radius 1 is 1.27 bits per heavy atom. The summed E-state index contributed by atoms with van der Waals surface area (Å²) < 4.78 is 6.11. The molecule has 0 bridgehead atoms. The third kappa shape index (κ3) is 4.73. The van der Waals surface area contributed by atoms with E-state index in [2.05, 4.69) is 10.3 Å². The molecule has 4 rings (SSSR count). The molecule has 1 amide bonds. The highest BCUT2D eigenvalue weighted by atomic mass is 32.1. The van der Waals surface area contributed by atoms with Crippen LogP contribution in [0, 0.1) is 5.41 Å². The maximum absolute atomic E-state index is 12.5. The maximum Gasteiger partial charge on any atom is 0.338 e. The van der Waals surface area contributed by atoms with E-state index in [1.807, 2.05) is 38.1 Å². The Morgan fingerprint density at radius 3 is 2.82 bits per heavy atom.